The number of fused-ring (bicyclic) bond motifs is 1. The lowest BCUT2D eigenvalue weighted by Gasteiger charge is -2.42. The maximum atomic E-state index is 12.2. The lowest BCUT2D eigenvalue weighted by atomic mass is 9.62. The molecule has 3 rings (SSSR count). The first-order chi connectivity index (χ1) is 9.91. The fourth-order valence-electron chi connectivity index (χ4n) is 5.45. The van der Waals surface area contributed by atoms with Crippen LogP contribution in [0.5, 0.6) is 0 Å². The first-order valence-electron chi connectivity index (χ1n) is 8.65. The van der Waals surface area contributed by atoms with Gasteiger partial charge in [-0.2, -0.15) is 0 Å². The van der Waals surface area contributed by atoms with Gasteiger partial charge in [0, 0.05) is 12.3 Å². The van der Waals surface area contributed by atoms with Crippen LogP contribution in [0.15, 0.2) is 0 Å². The molecule has 118 valence electrons. The Labute approximate surface area is 127 Å². The van der Waals surface area contributed by atoms with E-state index in [1.165, 1.54) is 12.8 Å². The first-order valence-corrected chi connectivity index (χ1v) is 8.65. The first kappa shape index (κ1) is 15.1. The average Bonchev–Trinajstić information content (AvgIpc) is 2.91. The van der Waals surface area contributed by atoms with E-state index in [1.807, 2.05) is 6.92 Å². The summed E-state index contributed by atoms with van der Waals surface area (Å²) in [6.07, 6.45) is 7.23. The second-order valence-electron chi connectivity index (χ2n) is 7.97. The van der Waals surface area contributed by atoms with E-state index < -0.39 is 0 Å². The fourth-order valence-corrected chi connectivity index (χ4v) is 5.45. The molecule has 2 aliphatic carbocycles. The molecule has 0 aromatic rings. The van der Waals surface area contributed by atoms with Crippen molar-refractivity contribution in [3.05, 3.63) is 0 Å². The van der Waals surface area contributed by atoms with Gasteiger partial charge in [0.05, 0.1) is 5.92 Å². The third kappa shape index (κ3) is 2.53. The summed E-state index contributed by atoms with van der Waals surface area (Å²) in [5, 5.41) is 0. The summed E-state index contributed by atoms with van der Waals surface area (Å²) < 4.78 is 5.49. The predicted octanol–water partition coefficient (Wildman–Crippen LogP) is 3.75. The third-order valence-corrected chi connectivity index (χ3v) is 6.56. The summed E-state index contributed by atoms with van der Waals surface area (Å²) in [4.78, 5) is 23.8. The van der Waals surface area contributed by atoms with Gasteiger partial charge >= 0.3 is 5.97 Å². The molecule has 21 heavy (non-hydrogen) atoms. The standard InChI is InChI=1S/C18H28O3/c1-11(9-13-10-12(2)17(20)21-13)14-6-7-15-16(19)5-4-8-18(14,15)3/h11-15H,4-10H2,1-3H3/t11-,12+,13+,14-,15+,18-/m1/s1. The number of ketones is 1. The highest BCUT2D eigenvalue weighted by Gasteiger charge is 2.52. The fraction of sp³-hybridized carbons (Fsp3) is 0.889. The molecular weight excluding hydrogens is 264 g/mol. The Bertz CT molecular complexity index is 444. The van der Waals surface area contributed by atoms with Crippen molar-refractivity contribution in [1.29, 1.82) is 0 Å². The lowest BCUT2D eigenvalue weighted by molar-refractivity contribution is -0.144. The normalized spacial score (nSPS) is 44.5. The largest absolute Gasteiger partial charge is 0.462 e. The van der Waals surface area contributed by atoms with Gasteiger partial charge in [-0.3, -0.25) is 9.59 Å². The van der Waals surface area contributed by atoms with Crippen LogP contribution in [0.25, 0.3) is 0 Å². The number of hydrogen-bond acceptors (Lipinski definition) is 3. The topological polar surface area (TPSA) is 43.4 Å². The number of hydrogen-bond donors (Lipinski definition) is 0. The number of ether oxygens (including phenoxy) is 1. The van der Waals surface area contributed by atoms with Crippen molar-refractivity contribution in [1.82, 2.24) is 0 Å². The van der Waals surface area contributed by atoms with E-state index >= 15 is 0 Å². The quantitative estimate of drug-likeness (QED) is 0.744. The van der Waals surface area contributed by atoms with E-state index in [9.17, 15) is 9.59 Å². The Balaban J connectivity index is 1.66. The van der Waals surface area contributed by atoms with Crippen molar-refractivity contribution in [2.45, 2.75) is 71.8 Å². The number of carbonyl (C=O) groups is 2. The molecule has 1 saturated heterocycles. The molecule has 0 bridgehead atoms. The zero-order valence-electron chi connectivity index (χ0n) is 13.6. The zero-order valence-corrected chi connectivity index (χ0v) is 13.6. The molecule has 3 heteroatoms. The molecule has 3 nitrogen and oxygen atoms in total. The van der Waals surface area contributed by atoms with Crippen LogP contribution in [0.4, 0.5) is 0 Å². The van der Waals surface area contributed by atoms with Crippen LogP contribution in [0.1, 0.15) is 65.7 Å². The van der Waals surface area contributed by atoms with Crippen LogP contribution in [0.3, 0.4) is 0 Å². The summed E-state index contributed by atoms with van der Waals surface area (Å²) in [6, 6.07) is 0. The smallest absolute Gasteiger partial charge is 0.309 e. The molecule has 0 unspecified atom stereocenters. The molecule has 0 aromatic heterocycles. The minimum atomic E-state index is -0.0319. The molecule has 0 amide bonds. The van der Waals surface area contributed by atoms with E-state index in [-0.39, 0.29) is 23.4 Å². The molecule has 1 heterocycles. The van der Waals surface area contributed by atoms with Crippen molar-refractivity contribution in [2.75, 3.05) is 0 Å². The van der Waals surface area contributed by atoms with Gasteiger partial charge in [0.1, 0.15) is 11.9 Å². The molecule has 1 aliphatic heterocycles. The summed E-state index contributed by atoms with van der Waals surface area (Å²) in [5.41, 5.74) is 0.197. The Morgan fingerprint density at radius 3 is 2.76 bits per heavy atom. The molecule has 0 aromatic carbocycles. The van der Waals surface area contributed by atoms with Crippen LogP contribution in [-0.4, -0.2) is 17.9 Å². The molecule has 0 spiro atoms. The number of esters is 1. The van der Waals surface area contributed by atoms with E-state index in [4.69, 9.17) is 4.74 Å². The number of carbonyl (C=O) groups excluding carboxylic acids is 2. The van der Waals surface area contributed by atoms with Gasteiger partial charge in [0.2, 0.25) is 0 Å². The van der Waals surface area contributed by atoms with Gasteiger partial charge in [-0.15, -0.1) is 0 Å². The van der Waals surface area contributed by atoms with Gasteiger partial charge in [-0.1, -0.05) is 20.8 Å². The van der Waals surface area contributed by atoms with Gasteiger partial charge in [0.25, 0.3) is 0 Å². The minimum absolute atomic E-state index is 0.0319. The molecule has 0 N–H and O–H groups in total. The van der Waals surface area contributed by atoms with E-state index in [0.29, 0.717) is 23.5 Å². The molecular formula is C18H28O3. The Hall–Kier alpha value is -0.860. The van der Waals surface area contributed by atoms with Crippen LogP contribution >= 0.6 is 0 Å². The Morgan fingerprint density at radius 2 is 2.10 bits per heavy atom. The van der Waals surface area contributed by atoms with Gasteiger partial charge < -0.3 is 4.74 Å². The maximum Gasteiger partial charge on any atom is 0.309 e. The zero-order chi connectivity index (χ0) is 15.2. The maximum absolute atomic E-state index is 12.2. The summed E-state index contributed by atoms with van der Waals surface area (Å²) in [5.74, 6) is 1.97. The molecule has 0 radical (unpaired) electrons. The molecule has 3 aliphatic rings. The Kier molecular flexibility index (Phi) is 3.87. The third-order valence-electron chi connectivity index (χ3n) is 6.56. The van der Waals surface area contributed by atoms with Crippen LogP contribution in [0, 0.1) is 29.1 Å². The summed E-state index contributed by atoms with van der Waals surface area (Å²) in [6.45, 7) is 6.60. The van der Waals surface area contributed by atoms with Crippen molar-refractivity contribution >= 4 is 11.8 Å². The summed E-state index contributed by atoms with van der Waals surface area (Å²) >= 11 is 0. The number of cyclic esters (lactones) is 1. The Morgan fingerprint density at radius 1 is 1.33 bits per heavy atom. The van der Waals surface area contributed by atoms with Crippen molar-refractivity contribution in [3.63, 3.8) is 0 Å². The minimum Gasteiger partial charge on any atom is -0.462 e. The second kappa shape index (κ2) is 5.40. The molecule has 2 saturated carbocycles. The van der Waals surface area contributed by atoms with Crippen LogP contribution in [-0.2, 0) is 14.3 Å². The second-order valence-corrected chi connectivity index (χ2v) is 7.97. The SMILES string of the molecule is C[C@H](C[C@H]1C[C@H](C)C(=O)O1)[C@H]1CC[C@H]2C(=O)CCC[C@]12C. The highest BCUT2D eigenvalue weighted by atomic mass is 16.5. The van der Waals surface area contributed by atoms with Gasteiger partial charge in [0.15, 0.2) is 0 Å². The van der Waals surface area contributed by atoms with Crippen molar-refractivity contribution in [3.8, 4) is 0 Å². The average molecular weight is 292 g/mol. The highest BCUT2D eigenvalue weighted by molar-refractivity contribution is 5.83. The van der Waals surface area contributed by atoms with Crippen molar-refractivity contribution < 1.29 is 14.3 Å². The number of Topliss-reactive ketones (excluding diaryl/α,β-unsaturated/α-hetero) is 1. The van der Waals surface area contributed by atoms with E-state index in [1.54, 1.807) is 0 Å². The number of rotatable bonds is 3. The monoisotopic (exact) mass is 292 g/mol. The summed E-state index contributed by atoms with van der Waals surface area (Å²) in [7, 11) is 0. The highest BCUT2D eigenvalue weighted by Crippen LogP contribution is 2.57. The van der Waals surface area contributed by atoms with E-state index in [2.05, 4.69) is 13.8 Å². The van der Waals surface area contributed by atoms with Gasteiger partial charge in [-0.05, 0) is 55.8 Å². The lowest BCUT2D eigenvalue weighted by Crippen LogP contribution is -2.39. The van der Waals surface area contributed by atoms with E-state index in [0.717, 1.165) is 32.1 Å². The van der Waals surface area contributed by atoms with Crippen LogP contribution in [0.2, 0.25) is 0 Å². The molecule has 3 fully saturated rings. The van der Waals surface area contributed by atoms with Crippen molar-refractivity contribution in [2.24, 2.45) is 29.1 Å². The molecule has 6 atom stereocenters. The van der Waals surface area contributed by atoms with Crippen LogP contribution < -0.4 is 0 Å². The van der Waals surface area contributed by atoms with Gasteiger partial charge in [-0.25, -0.2) is 0 Å². The predicted molar refractivity (Wildman–Crippen MR) is 80.6 cm³/mol.